The van der Waals surface area contributed by atoms with Crippen molar-refractivity contribution in [2.24, 2.45) is 5.92 Å². The Labute approximate surface area is 93.4 Å². The minimum atomic E-state index is 0.708. The monoisotopic (exact) mass is 215 g/mol. The van der Waals surface area contributed by atoms with Gasteiger partial charge in [-0.15, -0.1) is 0 Å². The van der Waals surface area contributed by atoms with E-state index in [-0.39, 0.29) is 0 Å². The molecule has 0 aromatic heterocycles. The Hall–Kier alpha value is 0.310. The maximum absolute atomic E-state index is 3.77. The summed E-state index contributed by atoms with van der Waals surface area (Å²) in [5, 5.41) is 3.77. The molecule has 0 heterocycles. The van der Waals surface area contributed by atoms with E-state index < -0.39 is 0 Å². The molecule has 1 rings (SSSR count). The van der Waals surface area contributed by atoms with Crippen LogP contribution in [-0.4, -0.2) is 23.6 Å². The average molecular weight is 215 g/mol. The van der Waals surface area contributed by atoms with E-state index in [4.69, 9.17) is 0 Å². The van der Waals surface area contributed by atoms with E-state index in [1.165, 1.54) is 37.2 Å². The topological polar surface area (TPSA) is 12.0 Å². The molecule has 0 radical (unpaired) electrons. The van der Waals surface area contributed by atoms with Crippen LogP contribution in [-0.2, 0) is 0 Å². The van der Waals surface area contributed by atoms with E-state index >= 15 is 0 Å². The van der Waals surface area contributed by atoms with Crippen molar-refractivity contribution in [3.05, 3.63) is 0 Å². The summed E-state index contributed by atoms with van der Waals surface area (Å²) >= 11 is 2.06. The summed E-state index contributed by atoms with van der Waals surface area (Å²) in [5.41, 5.74) is 0. The van der Waals surface area contributed by atoms with E-state index in [0.29, 0.717) is 6.04 Å². The second-order valence-corrected chi connectivity index (χ2v) is 5.96. The molecule has 1 nitrogen and oxygen atoms in total. The number of nitrogens with one attached hydrogen (secondary N) is 1. The van der Waals surface area contributed by atoms with Crippen LogP contribution in [0, 0.1) is 5.92 Å². The Morgan fingerprint density at radius 2 is 2.21 bits per heavy atom. The van der Waals surface area contributed by atoms with Gasteiger partial charge in [0, 0.05) is 12.1 Å². The fraction of sp³-hybridized carbons (Fsp3) is 1.00. The van der Waals surface area contributed by atoms with Gasteiger partial charge >= 0.3 is 0 Å². The first-order valence-corrected chi connectivity index (χ1v) is 7.23. The van der Waals surface area contributed by atoms with E-state index in [9.17, 15) is 0 Å². The predicted molar refractivity (Wildman–Crippen MR) is 67.0 cm³/mol. The Morgan fingerprint density at radius 3 is 2.79 bits per heavy atom. The fourth-order valence-electron chi connectivity index (χ4n) is 2.25. The largest absolute Gasteiger partial charge is 0.311 e. The van der Waals surface area contributed by atoms with Crippen molar-refractivity contribution >= 4 is 11.8 Å². The molecule has 0 aromatic rings. The molecule has 84 valence electrons. The zero-order valence-corrected chi connectivity index (χ0v) is 10.7. The smallest absolute Gasteiger partial charge is 0.00951 e. The fourth-order valence-corrected chi connectivity index (χ4v) is 3.06. The molecular weight excluding hydrogens is 190 g/mol. The van der Waals surface area contributed by atoms with Crippen LogP contribution in [0.5, 0.6) is 0 Å². The summed E-state index contributed by atoms with van der Waals surface area (Å²) < 4.78 is 0. The summed E-state index contributed by atoms with van der Waals surface area (Å²) in [6.07, 6.45) is 5.57. The zero-order chi connectivity index (χ0) is 10.4. The molecule has 0 saturated heterocycles. The SMILES string of the molecule is CCSCCC(C)NC1CCCC1C. The highest BCUT2D eigenvalue weighted by atomic mass is 32.2. The van der Waals surface area contributed by atoms with E-state index in [0.717, 1.165) is 12.0 Å². The first kappa shape index (κ1) is 12.4. The van der Waals surface area contributed by atoms with Gasteiger partial charge in [0.05, 0.1) is 0 Å². The molecule has 0 amide bonds. The molecule has 1 N–H and O–H groups in total. The standard InChI is InChI=1S/C12H25NS/c1-4-14-9-8-11(3)13-12-7-5-6-10(12)2/h10-13H,4-9H2,1-3H3. The third-order valence-corrected chi connectivity index (χ3v) is 4.19. The van der Waals surface area contributed by atoms with Crippen LogP contribution in [0.3, 0.4) is 0 Å². The first-order chi connectivity index (χ1) is 6.74. The Morgan fingerprint density at radius 1 is 1.43 bits per heavy atom. The maximum Gasteiger partial charge on any atom is 0.00951 e. The van der Waals surface area contributed by atoms with E-state index in [1.807, 2.05) is 0 Å². The van der Waals surface area contributed by atoms with Crippen LogP contribution in [0.2, 0.25) is 0 Å². The maximum atomic E-state index is 3.77. The highest BCUT2D eigenvalue weighted by Gasteiger charge is 2.23. The normalized spacial score (nSPS) is 29.4. The minimum Gasteiger partial charge on any atom is -0.311 e. The van der Waals surface area contributed by atoms with Gasteiger partial charge in [0.15, 0.2) is 0 Å². The van der Waals surface area contributed by atoms with Gasteiger partial charge in [-0.2, -0.15) is 11.8 Å². The number of hydrogen-bond acceptors (Lipinski definition) is 2. The predicted octanol–water partition coefficient (Wildman–Crippen LogP) is 3.30. The highest BCUT2D eigenvalue weighted by Crippen LogP contribution is 2.25. The molecule has 3 atom stereocenters. The van der Waals surface area contributed by atoms with Gasteiger partial charge in [-0.05, 0) is 43.6 Å². The number of thioether (sulfide) groups is 1. The lowest BCUT2D eigenvalue weighted by Gasteiger charge is -2.22. The van der Waals surface area contributed by atoms with Crippen LogP contribution in [0.4, 0.5) is 0 Å². The molecule has 1 saturated carbocycles. The molecule has 0 bridgehead atoms. The van der Waals surface area contributed by atoms with Crippen LogP contribution in [0.1, 0.15) is 46.5 Å². The van der Waals surface area contributed by atoms with Crippen molar-refractivity contribution in [1.82, 2.24) is 5.32 Å². The minimum absolute atomic E-state index is 0.708. The van der Waals surface area contributed by atoms with Gasteiger partial charge < -0.3 is 5.32 Å². The van der Waals surface area contributed by atoms with Gasteiger partial charge in [0.25, 0.3) is 0 Å². The van der Waals surface area contributed by atoms with Gasteiger partial charge in [-0.1, -0.05) is 20.3 Å². The zero-order valence-electron chi connectivity index (χ0n) is 9.88. The van der Waals surface area contributed by atoms with Crippen LogP contribution in [0.25, 0.3) is 0 Å². The van der Waals surface area contributed by atoms with Crippen molar-refractivity contribution in [1.29, 1.82) is 0 Å². The first-order valence-electron chi connectivity index (χ1n) is 6.07. The Kier molecular flexibility index (Phi) is 5.95. The van der Waals surface area contributed by atoms with Crippen LogP contribution >= 0.6 is 11.8 Å². The molecule has 1 aliphatic rings. The summed E-state index contributed by atoms with van der Waals surface area (Å²) in [7, 11) is 0. The molecule has 2 heteroatoms. The average Bonchev–Trinajstić information content (AvgIpc) is 2.52. The molecule has 1 fully saturated rings. The van der Waals surface area contributed by atoms with Crippen LogP contribution in [0.15, 0.2) is 0 Å². The summed E-state index contributed by atoms with van der Waals surface area (Å²) in [4.78, 5) is 0. The van der Waals surface area contributed by atoms with Crippen molar-refractivity contribution in [2.45, 2.75) is 58.5 Å². The highest BCUT2D eigenvalue weighted by molar-refractivity contribution is 7.99. The van der Waals surface area contributed by atoms with Gasteiger partial charge in [-0.25, -0.2) is 0 Å². The van der Waals surface area contributed by atoms with Gasteiger partial charge in [0.1, 0.15) is 0 Å². The van der Waals surface area contributed by atoms with E-state index in [1.54, 1.807) is 0 Å². The summed E-state index contributed by atoms with van der Waals surface area (Å²) in [6.45, 7) is 6.96. The lowest BCUT2D eigenvalue weighted by molar-refractivity contribution is 0.379. The van der Waals surface area contributed by atoms with Crippen molar-refractivity contribution in [2.75, 3.05) is 11.5 Å². The van der Waals surface area contributed by atoms with Crippen molar-refractivity contribution < 1.29 is 0 Å². The Balaban J connectivity index is 2.09. The Bertz CT molecular complexity index is 149. The third-order valence-electron chi connectivity index (χ3n) is 3.26. The molecule has 14 heavy (non-hydrogen) atoms. The second-order valence-electron chi connectivity index (χ2n) is 4.57. The van der Waals surface area contributed by atoms with Gasteiger partial charge in [-0.3, -0.25) is 0 Å². The quantitative estimate of drug-likeness (QED) is 0.682. The molecule has 3 unspecified atom stereocenters. The van der Waals surface area contributed by atoms with Crippen molar-refractivity contribution in [3.8, 4) is 0 Å². The molecular formula is C12H25NS. The number of hydrogen-bond donors (Lipinski definition) is 1. The lowest BCUT2D eigenvalue weighted by atomic mass is 10.1. The molecule has 0 spiro atoms. The summed E-state index contributed by atoms with van der Waals surface area (Å²) in [5.74, 6) is 3.47. The number of rotatable bonds is 6. The molecule has 0 aliphatic heterocycles. The van der Waals surface area contributed by atoms with Crippen LogP contribution < -0.4 is 5.32 Å². The third kappa shape index (κ3) is 4.22. The lowest BCUT2D eigenvalue weighted by Crippen LogP contribution is -2.38. The van der Waals surface area contributed by atoms with Crippen molar-refractivity contribution in [3.63, 3.8) is 0 Å². The molecule has 0 aromatic carbocycles. The second kappa shape index (κ2) is 6.73. The summed E-state index contributed by atoms with van der Waals surface area (Å²) in [6, 6.07) is 1.51. The molecule has 1 aliphatic carbocycles. The van der Waals surface area contributed by atoms with Gasteiger partial charge in [0.2, 0.25) is 0 Å². The van der Waals surface area contributed by atoms with E-state index in [2.05, 4.69) is 37.8 Å².